The van der Waals surface area contributed by atoms with Crippen LogP contribution in [-0.4, -0.2) is 4.98 Å². The number of hydrogen-bond acceptors (Lipinski definition) is 2. The number of hydrogen-bond donors (Lipinski definition) is 0. The summed E-state index contributed by atoms with van der Waals surface area (Å²) >= 11 is 3.65. The smallest absolute Gasteiger partial charge is 0.138 e. The second-order valence-electron chi connectivity index (χ2n) is 12.2. The second kappa shape index (κ2) is 11.4. The number of nitrogens with zero attached hydrogens (tertiary/aromatic N) is 2. The Morgan fingerprint density at radius 3 is 1.86 bits per heavy atom. The fourth-order valence-corrected chi connectivity index (χ4v) is 6.41. The van der Waals surface area contributed by atoms with Crippen molar-refractivity contribution in [1.29, 1.82) is 0 Å². The Labute approximate surface area is 267 Å². The molecule has 7 aromatic rings. The predicted octanol–water partition coefficient (Wildman–Crippen LogP) is 12.3. The van der Waals surface area contributed by atoms with Crippen molar-refractivity contribution in [3.8, 4) is 22.3 Å². The fraction of sp³-hybridized carbons (Fsp3) is 0.0976. The fourth-order valence-electron chi connectivity index (χ4n) is 6.08. The van der Waals surface area contributed by atoms with Crippen molar-refractivity contribution in [2.75, 3.05) is 4.90 Å². The summed E-state index contributed by atoms with van der Waals surface area (Å²) in [6.45, 7) is 6.82. The molecule has 0 amide bonds. The maximum Gasteiger partial charge on any atom is 0.138 e. The van der Waals surface area contributed by atoms with E-state index in [-0.39, 0.29) is 5.41 Å². The first-order valence-electron chi connectivity index (χ1n) is 15.0. The van der Waals surface area contributed by atoms with Crippen molar-refractivity contribution in [2.45, 2.75) is 26.2 Å². The van der Waals surface area contributed by atoms with Crippen LogP contribution < -0.4 is 4.90 Å². The molecule has 7 rings (SSSR count). The lowest BCUT2D eigenvalue weighted by Crippen LogP contribution is -2.15. The highest BCUT2D eigenvalue weighted by molar-refractivity contribution is 9.10. The standard InChI is InChI=1S/C41H33BrN2/c1-41(2,3)31-24-25-38(37(27-31)36-21-10-15-29-13-5-7-19-34(29)36)44(40-23-11-22-39(42)43-40)32-17-8-16-30(26-32)35-20-9-14-28-12-4-6-18-33(28)35/h4-27H,1-3H3. The van der Waals surface area contributed by atoms with E-state index in [1.54, 1.807) is 0 Å². The lowest BCUT2D eigenvalue weighted by Gasteiger charge is -2.29. The second-order valence-corrected chi connectivity index (χ2v) is 13.1. The number of halogens is 1. The van der Waals surface area contributed by atoms with Gasteiger partial charge in [-0.15, -0.1) is 0 Å². The van der Waals surface area contributed by atoms with E-state index in [0.717, 1.165) is 27.4 Å². The highest BCUT2D eigenvalue weighted by Gasteiger charge is 2.23. The first-order chi connectivity index (χ1) is 21.4. The number of fused-ring (bicyclic) bond motifs is 2. The lowest BCUT2D eigenvalue weighted by atomic mass is 9.84. The molecule has 0 N–H and O–H groups in total. The van der Waals surface area contributed by atoms with Gasteiger partial charge in [-0.3, -0.25) is 4.90 Å². The zero-order chi connectivity index (χ0) is 30.3. The van der Waals surface area contributed by atoms with Gasteiger partial charge in [-0.1, -0.05) is 130 Å². The monoisotopic (exact) mass is 632 g/mol. The number of rotatable bonds is 5. The zero-order valence-corrected chi connectivity index (χ0v) is 26.7. The molecule has 44 heavy (non-hydrogen) atoms. The van der Waals surface area contributed by atoms with Gasteiger partial charge in [0.15, 0.2) is 0 Å². The van der Waals surface area contributed by atoms with Crippen LogP contribution in [0.1, 0.15) is 26.3 Å². The third kappa shape index (κ3) is 5.29. The SMILES string of the molecule is CC(C)(C)c1ccc(N(c2cccc(-c3cccc4ccccc34)c2)c2cccc(Br)n2)c(-c2cccc3ccccc23)c1. The van der Waals surface area contributed by atoms with Gasteiger partial charge in [0.1, 0.15) is 10.4 Å². The molecule has 0 bridgehead atoms. The van der Waals surface area contributed by atoms with Crippen molar-refractivity contribution in [3.05, 3.63) is 156 Å². The van der Waals surface area contributed by atoms with E-state index in [1.165, 1.54) is 43.8 Å². The highest BCUT2D eigenvalue weighted by Crippen LogP contribution is 2.45. The van der Waals surface area contributed by atoms with Crippen LogP contribution in [0.4, 0.5) is 17.2 Å². The molecule has 0 aliphatic carbocycles. The third-order valence-electron chi connectivity index (χ3n) is 8.32. The molecule has 1 heterocycles. The van der Waals surface area contributed by atoms with Gasteiger partial charge in [-0.25, -0.2) is 4.98 Å². The third-order valence-corrected chi connectivity index (χ3v) is 8.76. The van der Waals surface area contributed by atoms with Crippen LogP contribution in [0, 0.1) is 0 Å². The van der Waals surface area contributed by atoms with E-state index in [9.17, 15) is 0 Å². The predicted molar refractivity (Wildman–Crippen MR) is 191 cm³/mol. The molecule has 0 saturated heterocycles. The summed E-state index contributed by atoms with van der Waals surface area (Å²) in [5.41, 5.74) is 8.16. The molecule has 0 fully saturated rings. The first-order valence-corrected chi connectivity index (χ1v) is 15.8. The van der Waals surface area contributed by atoms with E-state index in [2.05, 4.69) is 181 Å². The van der Waals surface area contributed by atoms with Crippen LogP contribution in [0.25, 0.3) is 43.8 Å². The molecule has 1 aromatic heterocycles. The number of aromatic nitrogens is 1. The van der Waals surface area contributed by atoms with Crippen molar-refractivity contribution < 1.29 is 0 Å². The molecule has 0 spiro atoms. The van der Waals surface area contributed by atoms with Gasteiger partial charge in [0.2, 0.25) is 0 Å². The number of benzene rings is 6. The number of pyridine rings is 1. The van der Waals surface area contributed by atoms with Gasteiger partial charge in [0.05, 0.1) is 5.69 Å². The Balaban J connectivity index is 1.50. The van der Waals surface area contributed by atoms with Gasteiger partial charge >= 0.3 is 0 Å². The Morgan fingerprint density at radius 1 is 0.545 bits per heavy atom. The van der Waals surface area contributed by atoms with Crippen LogP contribution >= 0.6 is 15.9 Å². The quantitative estimate of drug-likeness (QED) is 0.175. The van der Waals surface area contributed by atoms with E-state index in [1.807, 2.05) is 6.07 Å². The molecule has 0 aliphatic heterocycles. The Kier molecular flexibility index (Phi) is 7.27. The molecule has 0 saturated carbocycles. The summed E-state index contributed by atoms with van der Waals surface area (Å²) in [5, 5.41) is 4.93. The molecule has 0 aliphatic rings. The summed E-state index contributed by atoms with van der Waals surface area (Å²) in [6.07, 6.45) is 0. The van der Waals surface area contributed by atoms with E-state index < -0.39 is 0 Å². The molecule has 0 atom stereocenters. The minimum absolute atomic E-state index is 0.00893. The van der Waals surface area contributed by atoms with Gasteiger partial charge in [-0.05, 0) is 102 Å². The summed E-state index contributed by atoms with van der Waals surface area (Å²) in [7, 11) is 0. The Morgan fingerprint density at radius 2 is 1.16 bits per heavy atom. The Hall–Kier alpha value is -4.73. The molecule has 3 heteroatoms. The highest BCUT2D eigenvalue weighted by atomic mass is 79.9. The molecule has 6 aromatic carbocycles. The van der Waals surface area contributed by atoms with Crippen LogP contribution in [0.3, 0.4) is 0 Å². The van der Waals surface area contributed by atoms with Gasteiger partial charge in [0.25, 0.3) is 0 Å². The van der Waals surface area contributed by atoms with Crippen LogP contribution in [0.15, 0.2) is 150 Å². The minimum Gasteiger partial charge on any atom is -0.294 e. The van der Waals surface area contributed by atoms with E-state index in [0.29, 0.717) is 0 Å². The van der Waals surface area contributed by atoms with E-state index >= 15 is 0 Å². The van der Waals surface area contributed by atoms with Crippen LogP contribution in [0.2, 0.25) is 0 Å². The summed E-state index contributed by atoms with van der Waals surface area (Å²) < 4.78 is 0.795. The lowest BCUT2D eigenvalue weighted by molar-refractivity contribution is 0.590. The molecule has 0 unspecified atom stereocenters. The summed E-state index contributed by atoms with van der Waals surface area (Å²) in [4.78, 5) is 7.28. The van der Waals surface area contributed by atoms with Gasteiger partial charge in [0, 0.05) is 11.3 Å². The van der Waals surface area contributed by atoms with E-state index in [4.69, 9.17) is 4.98 Å². The zero-order valence-electron chi connectivity index (χ0n) is 25.1. The first kappa shape index (κ1) is 28.1. The molecule has 2 nitrogen and oxygen atoms in total. The Bertz CT molecular complexity index is 2130. The molecule has 214 valence electrons. The van der Waals surface area contributed by atoms with Gasteiger partial charge < -0.3 is 0 Å². The average molecular weight is 634 g/mol. The topological polar surface area (TPSA) is 16.1 Å². The largest absolute Gasteiger partial charge is 0.294 e. The maximum atomic E-state index is 4.99. The van der Waals surface area contributed by atoms with Crippen LogP contribution in [-0.2, 0) is 5.41 Å². The van der Waals surface area contributed by atoms with Gasteiger partial charge in [-0.2, -0.15) is 0 Å². The maximum absolute atomic E-state index is 4.99. The molecule has 0 radical (unpaired) electrons. The molecular formula is C41H33BrN2. The summed E-state index contributed by atoms with van der Waals surface area (Å²) in [5.74, 6) is 0.847. The summed E-state index contributed by atoms with van der Waals surface area (Å²) in [6, 6.07) is 52.2. The van der Waals surface area contributed by atoms with Crippen molar-refractivity contribution >= 4 is 54.7 Å². The average Bonchev–Trinajstić information content (AvgIpc) is 3.04. The molecular weight excluding hydrogens is 600 g/mol. The van der Waals surface area contributed by atoms with Crippen molar-refractivity contribution in [2.24, 2.45) is 0 Å². The van der Waals surface area contributed by atoms with Crippen LogP contribution in [0.5, 0.6) is 0 Å². The minimum atomic E-state index is -0.00893. The van der Waals surface area contributed by atoms with Crippen molar-refractivity contribution in [1.82, 2.24) is 4.98 Å². The normalized spacial score (nSPS) is 11.6. The van der Waals surface area contributed by atoms with Crippen molar-refractivity contribution in [3.63, 3.8) is 0 Å². The number of anilines is 3.